The van der Waals surface area contributed by atoms with Gasteiger partial charge in [0.1, 0.15) is 5.69 Å². The Balaban J connectivity index is 2.79. The topological polar surface area (TPSA) is 80.9 Å². The van der Waals surface area contributed by atoms with Gasteiger partial charge in [-0.05, 0) is 13.0 Å². The number of nitrogens with two attached hydrogens (primary N) is 1. The van der Waals surface area contributed by atoms with Crippen LogP contribution in [0.2, 0.25) is 10.0 Å². The van der Waals surface area contributed by atoms with Gasteiger partial charge in [0.2, 0.25) is 5.95 Å². The molecular formula is C13H12Cl2N4O. The lowest BCUT2D eigenvalue weighted by molar-refractivity contribution is 0.0996. The highest BCUT2D eigenvalue weighted by Crippen LogP contribution is 2.36. The maximum absolute atomic E-state index is 11.6. The summed E-state index contributed by atoms with van der Waals surface area (Å²) >= 11 is 12.2. The minimum absolute atomic E-state index is 0.103. The van der Waals surface area contributed by atoms with Crippen LogP contribution in [0, 0.1) is 6.92 Å². The van der Waals surface area contributed by atoms with Crippen LogP contribution in [0.25, 0.3) is 11.1 Å². The molecule has 5 nitrogen and oxygen atoms in total. The highest BCUT2D eigenvalue weighted by Gasteiger charge is 2.20. The first-order valence-electron chi connectivity index (χ1n) is 5.76. The fourth-order valence-corrected chi connectivity index (χ4v) is 2.28. The maximum Gasteiger partial charge on any atom is 0.268 e. The number of amides is 1. The molecule has 1 aromatic heterocycles. The second kappa shape index (κ2) is 5.64. The summed E-state index contributed by atoms with van der Waals surface area (Å²) in [5, 5.41) is 3.50. The number of benzene rings is 1. The molecule has 1 amide bonds. The molecule has 1 heterocycles. The quantitative estimate of drug-likeness (QED) is 0.913. The molecule has 7 heteroatoms. The largest absolute Gasteiger partial charge is 0.364 e. The van der Waals surface area contributed by atoms with Gasteiger partial charge >= 0.3 is 0 Å². The van der Waals surface area contributed by atoms with Crippen molar-refractivity contribution in [3.63, 3.8) is 0 Å². The Morgan fingerprint density at radius 3 is 2.60 bits per heavy atom. The molecule has 2 rings (SSSR count). The van der Waals surface area contributed by atoms with E-state index in [1.54, 1.807) is 32.2 Å². The summed E-state index contributed by atoms with van der Waals surface area (Å²) in [6.07, 6.45) is 0. The molecule has 104 valence electrons. The van der Waals surface area contributed by atoms with Crippen molar-refractivity contribution >= 4 is 35.1 Å². The van der Waals surface area contributed by atoms with Gasteiger partial charge in [0.25, 0.3) is 5.91 Å². The van der Waals surface area contributed by atoms with Crippen molar-refractivity contribution in [2.45, 2.75) is 6.92 Å². The zero-order chi connectivity index (χ0) is 14.9. The predicted molar refractivity (Wildman–Crippen MR) is 80.3 cm³/mol. The normalized spacial score (nSPS) is 10.4. The summed E-state index contributed by atoms with van der Waals surface area (Å²) in [6, 6.07) is 5.14. The van der Waals surface area contributed by atoms with Crippen molar-refractivity contribution in [2.75, 3.05) is 12.4 Å². The number of carbonyl (C=O) groups excluding carboxylic acids is 1. The number of nitrogens with zero attached hydrogens (tertiary/aromatic N) is 2. The number of nitrogens with one attached hydrogen (secondary N) is 1. The molecule has 0 aliphatic heterocycles. The minimum atomic E-state index is -0.655. The van der Waals surface area contributed by atoms with Crippen molar-refractivity contribution in [2.24, 2.45) is 5.73 Å². The molecule has 0 saturated heterocycles. The molecule has 0 saturated carbocycles. The fraction of sp³-hybridized carbons (Fsp3) is 0.154. The second-order valence-corrected chi connectivity index (χ2v) is 4.86. The zero-order valence-electron chi connectivity index (χ0n) is 10.9. The van der Waals surface area contributed by atoms with E-state index in [4.69, 9.17) is 28.9 Å². The lowest BCUT2D eigenvalue weighted by atomic mass is 10.0. The number of anilines is 1. The molecule has 0 atom stereocenters. The number of aryl methyl sites for hydroxylation is 1. The summed E-state index contributed by atoms with van der Waals surface area (Å²) < 4.78 is 0. The third-order valence-corrected chi connectivity index (χ3v) is 3.59. The van der Waals surface area contributed by atoms with Gasteiger partial charge < -0.3 is 11.1 Å². The molecular weight excluding hydrogens is 299 g/mol. The summed E-state index contributed by atoms with van der Waals surface area (Å²) in [5.41, 5.74) is 7.15. The smallest absolute Gasteiger partial charge is 0.268 e. The van der Waals surface area contributed by atoms with Gasteiger partial charge in [-0.25, -0.2) is 9.97 Å². The first-order chi connectivity index (χ1) is 9.45. The van der Waals surface area contributed by atoms with E-state index < -0.39 is 5.91 Å². The standard InChI is InChI=1S/C13H12Cl2N4O/c1-6-9(7-4-3-5-8(14)10(7)15)11(12(16)20)19-13(17-2)18-6/h3-5H,1-2H3,(H2,16,20)(H,17,18,19). The van der Waals surface area contributed by atoms with E-state index in [0.29, 0.717) is 32.8 Å². The van der Waals surface area contributed by atoms with E-state index in [9.17, 15) is 4.79 Å². The maximum atomic E-state index is 11.6. The molecule has 1 aromatic carbocycles. The first-order valence-corrected chi connectivity index (χ1v) is 6.52. The minimum Gasteiger partial charge on any atom is -0.364 e. The number of hydrogen-bond acceptors (Lipinski definition) is 4. The Bertz CT molecular complexity index is 688. The van der Waals surface area contributed by atoms with Crippen molar-refractivity contribution < 1.29 is 4.79 Å². The highest BCUT2D eigenvalue weighted by molar-refractivity contribution is 6.43. The van der Waals surface area contributed by atoms with Crippen LogP contribution < -0.4 is 11.1 Å². The first kappa shape index (κ1) is 14.6. The van der Waals surface area contributed by atoms with Crippen molar-refractivity contribution in [3.05, 3.63) is 39.6 Å². The number of hydrogen-bond donors (Lipinski definition) is 2. The molecule has 0 spiro atoms. The Morgan fingerprint density at radius 2 is 2.00 bits per heavy atom. The number of aromatic nitrogens is 2. The summed E-state index contributed by atoms with van der Waals surface area (Å²) in [4.78, 5) is 20.0. The van der Waals surface area contributed by atoms with Crippen molar-refractivity contribution in [1.29, 1.82) is 0 Å². The third kappa shape index (κ3) is 2.55. The highest BCUT2D eigenvalue weighted by atomic mass is 35.5. The van der Waals surface area contributed by atoms with Crippen LogP contribution in [0.5, 0.6) is 0 Å². The molecule has 0 unspecified atom stereocenters. The third-order valence-electron chi connectivity index (χ3n) is 2.77. The monoisotopic (exact) mass is 310 g/mol. The SMILES string of the molecule is CNc1nc(C)c(-c2cccc(Cl)c2Cl)c(C(N)=O)n1. The van der Waals surface area contributed by atoms with E-state index in [1.807, 2.05) is 0 Å². The van der Waals surface area contributed by atoms with Crippen LogP contribution in [0.1, 0.15) is 16.2 Å². The lowest BCUT2D eigenvalue weighted by Crippen LogP contribution is -2.17. The van der Waals surface area contributed by atoms with Gasteiger partial charge in [-0.15, -0.1) is 0 Å². The average Bonchev–Trinajstić information content (AvgIpc) is 2.41. The zero-order valence-corrected chi connectivity index (χ0v) is 12.4. The molecule has 0 aliphatic carbocycles. The number of rotatable bonds is 3. The summed E-state index contributed by atoms with van der Waals surface area (Å²) in [5.74, 6) is -0.337. The van der Waals surface area contributed by atoms with Gasteiger partial charge in [-0.2, -0.15) is 0 Å². The van der Waals surface area contributed by atoms with E-state index in [0.717, 1.165) is 0 Å². The molecule has 2 aromatic rings. The van der Waals surface area contributed by atoms with Crippen LogP contribution >= 0.6 is 23.2 Å². The van der Waals surface area contributed by atoms with Crippen LogP contribution in [-0.4, -0.2) is 22.9 Å². The van der Waals surface area contributed by atoms with Crippen LogP contribution in [0.15, 0.2) is 18.2 Å². The second-order valence-electron chi connectivity index (χ2n) is 4.07. The fourth-order valence-electron chi connectivity index (χ4n) is 1.88. The molecule has 0 radical (unpaired) electrons. The Hall–Kier alpha value is -1.85. The average molecular weight is 311 g/mol. The summed E-state index contributed by atoms with van der Waals surface area (Å²) in [7, 11) is 1.66. The Morgan fingerprint density at radius 1 is 1.30 bits per heavy atom. The lowest BCUT2D eigenvalue weighted by Gasteiger charge is -2.13. The molecule has 3 N–H and O–H groups in total. The Kier molecular flexibility index (Phi) is 4.11. The van der Waals surface area contributed by atoms with Gasteiger partial charge in [-0.1, -0.05) is 35.3 Å². The van der Waals surface area contributed by atoms with Gasteiger partial charge in [0, 0.05) is 18.2 Å². The van der Waals surface area contributed by atoms with Crippen LogP contribution in [-0.2, 0) is 0 Å². The van der Waals surface area contributed by atoms with Crippen LogP contribution in [0.3, 0.4) is 0 Å². The number of primary amides is 1. The van der Waals surface area contributed by atoms with Crippen LogP contribution in [0.4, 0.5) is 5.95 Å². The summed E-state index contributed by atoms with van der Waals surface area (Å²) in [6.45, 7) is 1.75. The number of halogens is 2. The van der Waals surface area contributed by atoms with Gasteiger partial charge in [-0.3, -0.25) is 4.79 Å². The molecule has 0 fully saturated rings. The Labute approximate surface area is 126 Å². The van der Waals surface area contributed by atoms with Gasteiger partial charge in [0.15, 0.2) is 0 Å². The predicted octanol–water partition coefficient (Wildman–Crippen LogP) is 2.90. The van der Waals surface area contributed by atoms with E-state index in [2.05, 4.69) is 15.3 Å². The van der Waals surface area contributed by atoms with Crippen molar-refractivity contribution in [3.8, 4) is 11.1 Å². The number of carbonyl (C=O) groups is 1. The molecule has 20 heavy (non-hydrogen) atoms. The van der Waals surface area contributed by atoms with Gasteiger partial charge in [0.05, 0.1) is 15.7 Å². The van der Waals surface area contributed by atoms with E-state index in [-0.39, 0.29) is 5.69 Å². The van der Waals surface area contributed by atoms with E-state index in [1.165, 1.54) is 0 Å². The van der Waals surface area contributed by atoms with E-state index >= 15 is 0 Å². The van der Waals surface area contributed by atoms with Crippen molar-refractivity contribution in [1.82, 2.24) is 9.97 Å². The molecule has 0 bridgehead atoms. The molecule has 0 aliphatic rings.